The molecule has 37 heavy (non-hydrogen) atoms. The molecule has 0 unspecified atom stereocenters. The Labute approximate surface area is 220 Å². The van der Waals surface area contributed by atoms with Crippen molar-refractivity contribution in [1.29, 1.82) is 0 Å². The Hall–Kier alpha value is -3.77. The lowest BCUT2D eigenvalue weighted by molar-refractivity contribution is 0.0730. The third-order valence-electron chi connectivity index (χ3n) is 7.04. The zero-order valence-electron chi connectivity index (χ0n) is 21.3. The van der Waals surface area contributed by atoms with Crippen molar-refractivity contribution in [2.24, 2.45) is 0 Å². The molecule has 2 heterocycles. The van der Waals surface area contributed by atoms with Crippen molar-refractivity contribution in [3.8, 4) is 11.5 Å². The highest BCUT2D eigenvalue weighted by molar-refractivity contribution is 6.32. The Morgan fingerprint density at radius 3 is 2.32 bits per heavy atom. The summed E-state index contributed by atoms with van der Waals surface area (Å²) in [5, 5.41) is 0.859. The van der Waals surface area contributed by atoms with E-state index in [1.807, 2.05) is 49.4 Å². The summed E-state index contributed by atoms with van der Waals surface area (Å²) in [5.41, 5.74) is 4.28. The van der Waals surface area contributed by atoms with E-state index in [0.717, 1.165) is 23.1 Å². The maximum atomic E-state index is 13.8. The fourth-order valence-corrected chi connectivity index (χ4v) is 5.10. The number of halogens is 1. The normalized spacial score (nSPS) is 14.8. The van der Waals surface area contributed by atoms with Gasteiger partial charge >= 0.3 is 0 Å². The van der Waals surface area contributed by atoms with Gasteiger partial charge in [-0.15, -0.1) is 0 Å². The fraction of sp³-hybridized carbons (Fsp3) is 0.267. The average Bonchev–Trinajstić information content (AvgIpc) is 3.19. The van der Waals surface area contributed by atoms with Crippen LogP contribution in [0.1, 0.15) is 51.3 Å². The molecule has 0 aliphatic carbocycles. The Bertz CT molecular complexity index is 1560. The molecule has 1 aliphatic heterocycles. The number of benzene rings is 3. The molecular weight excluding hydrogens is 490 g/mol. The summed E-state index contributed by atoms with van der Waals surface area (Å²) >= 11 is 6.34. The van der Waals surface area contributed by atoms with Gasteiger partial charge in [0.2, 0.25) is 5.76 Å². The third kappa shape index (κ3) is 4.36. The van der Waals surface area contributed by atoms with Gasteiger partial charge in [-0.2, -0.15) is 0 Å². The van der Waals surface area contributed by atoms with Crippen molar-refractivity contribution in [3.63, 3.8) is 0 Å². The van der Waals surface area contributed by atoms with Crippen LogP contribution in [0.5, 0.6) is 11.5 Å². The standard InChI is InChI=1S/C30H28ClNO5/c1-5-18-6-9-20(10-7-18)27-26-28(33)21-16-22(31)17(2)14-24(21)37-29(26)30(34)32(27)13-12-19-8-11-23(35-3)25(15-19)36-4/h6-11,14-16,27H,5,12-13H2,1-4H3/t27-/m1/s1. The second-order valence-electron chi connectivity index (χ2n) is 9.21. The van der Waals surface area contributed by atoms with Gasteiger partial charge in [0.05, 0.1) is 31.2 Å². The quantitative estimate of drug-likeness (QED) is 0.295. The largest absolute Gasteiger partial charge is 0.493 e. The molecule has 190 valence electrons. The van der Waals surface area contributed by atoms with E-state index in [4.69, 9.17) is 25.5 Å². The first-order valence-corrected chi connectivity index (χ1v) is 12.6. The zero-order valence-corrected chi connectivity index (χ0v) is 22.0. The maximum Gasteiger partial charge on any atom is 0.290 e. The first-order valence-electron chi connectivity index (χ1n) is 12.2. The van der Waals surface area contributed by atoms with E-state index < -0.39 is 6.04 Å². The minimum atomic E-state index is -0.561. The summed E-state index contributed by atoms with van der Waals surface area (Å²) in [6.07, 6.45) is 1.45. The van der Waals surface area contributed by atoms with E-state index in [9.17, 15) is 9.59 Å². The van der Waals surface area contributed by atoms with E-state index in [2.05, 4.69) is 6.92 Å². The highest BCUT2D eigenvalue weighted by Crippen LogP contribution is 2.39. The molecule has 0 radical (unpaired) electrons. The van der Waals surface area contributed by atoms with Crippen LogP contribution in [0.15, 0.2) is 63.8 Å². The number of fused-ring (bicyclic) bond motifs is 2. The molecule has 6 nitrogen and oxygen atoms in total. The molecule has 0 fully saturated rings. The first-order chi connectivity index (χ1) is 17.9. The number of aryl methyl sites for hydroxylation is 2. The van der Waals surface area contributed by atoms with Gasteiger partial charge in [-0.05, 0) is 66.3 Å². The van der Waals surface area contributed by atoms with Crippen LogP contribution in [-0.2, 0) is 12.8 Å². The Morgan fingerprint density at radius 1 is 0.946 bits per heavy atom. The molecule has 1 amide bonds. The van der Waals surface area contributed by atoms with Crippen LogP contribution in [0.3, 0.4) is 0 Å². The number of nitrogens with zero attached hydrogens (tertiary/aromatic N) is 1. The lowest BCUT2D eigenvalue weighted by atomic mass is 9.96. The van der Waals surface area contributed by atoms with Gasteiger partial charge in [0, 0.05) is 11.6 Å². The monoisotopic (exact) mass is 517 g/mol. The Morgan fingerprint density at radius 2 is 1.65 bits per heavy atom. The summed E-state index contributed by atoms with van der Waals surface area (Å²) in [7, 11) is 3.18. The highest BCUT2D eigenvalue weighted by Gasteiger charge is 2.42. The second-order valence-corrected chi connectivity index (χ2v) is 9.61. The first kappa shape index (κ1) is 24.9. The highest BCUT2D eigenvalue weighted by atomic mass is 35.5. The van der Waals surface area contributed by atoms with Crippen LogP contribution in [0, 0.1) is 6.92 Å². The van der Waals surface area contributed by atoms with Crippen molar-refractivity contribution in [3.05, 3.63) is 103 Å². The summed E-state index contributed by atoms with van der Waals surface area (Å²) in [6.45, 7) is 4.31. The van der Waals surface area contributed by atoms with E-state index >= 15 is 0 Å². The SMILES string of the molecule is CCc1ccc([C@@H]2c3c(oc4cc(C)c(Cl)cc4c3=O)C(=O)N2CCc2ccc(OC)c(OC)c2)cc1. The number of hydrogen-bond acceptors (Lipinski definition) is 5. The number of amides is 1. The predicted molar refractivity (Wildman–Crippen MR) is 144 cm³/mol. The number of rotatable bonds is 7. The van der Waals surface area contributed by atoms with E-state index in [1.54, 1.807) is 31.3 Å². The summed E-state index contributed by atoms with van der Waals surface area (Å²) < 4.78 is 16.9. The van der Waals surface area contributed by atoms with Crippen LogP contribution in [0.25, 0.3) is 11.0 Å². The van der Waals surface area contributed by atoms with Crippen LogP contribution >= 0.6 is 11.6 Å². The van der Waals surface area contributed by atoms with Gasteiger partial charge in [0.1, 0.15) is 5.58 Å². The van der Waals surface area contributed by atoms with E-state index in [1.165, 1.54) is 5.56 Å². The number of ether oxygens (including phenoxy) is 2. The van der Waals surface area contributed by atoms with Crippen molar-refractivity contribution in [1.82, 2.24) is 4.90 Å². The van der Waals surface area contributed by atoms with Gasteiger partial charge in [0.15, 0.2) is 16.9 Å². The van der Waals surface area contributed by atoms with Crippen molar-refractivity contribution in [2.75, 3.05) is 20.8 Å². The molecule has 1 atom stereocenters. The van der Waals surface area contributed by atoms with Gasteiger partial charge in [0.25, 0.3) is 5.91 Å². The third-order valence-corrected chi connectivity index (χ3v) is 7.45. The number of methoxy groups -OCH3 is 2. The molecule has 0 spiro atoms. The summed E-state index contributed by atoms with van der Waals surface area (Å²) in [5.74, 6) is 1.06. The van der Waals surface area contributed by atoms with Crippen LogP contribution in [0.2, 0.25) is 5.02 Å². The summed E-state index contributed by atoms with van der Waals surface area (Å²) in [4.78, 5) is 29.2. The second kappa shape index (κ2) is 9.94. The number of carbonyl (C=O) groups excluding carboxylic acids is 1. The molecular formula is C30H28ClNO5. The minimum absolute atomic E-state index is 0.0936. The van der Waals surface area contributed by atoms with Crippen LogP contribution in [0.4, 0.5) is 0 Å². The van der Waals surface area contributed by atoms with Crippen LogP contribution < -0.4 is 14.9 Å². The molecule has 0 saturated carbocycles. The zero-order chi connectivity index (χ0) is 26.3. The number of carbonyl (C=O) groups is 1. The molecule has 4 aromatic rings. The molecule has 5 rings (SSSR count). The molecule has 3 aromatic carbocycles. The molecule has 1 aromatic heterocycles. The predicted octanol–water partition coefficient (Wildman–Crippen LogP) is 6.12. The Balaban J connectivity index is 1.60. The lowest BCUT2D eigenvalue weighted by Gasteiger charge is -2.25. The maximum absolute atomic E-state index is 13.8. The molecule has 0 saturated heterocycles. The smallest absolute Gasteiger partial charge is 0.290 e. The van der Waals surface area contributed by atoms with Gasteiger partial charge in [-0.25, -0.2) is 0 Å². The minimum Gasteiger partial charge on any atom is -0.493 e. The molecule has 0 bridgehead atoms. The molecule has 1 aliphatic rings. The fourth-order valence-electron chi connectivity index (χ4n) is 4.94. The average molecular weight is 518 g/mol. The van der Waals surface area contributed by atoms with Gasteiger partial charge < -0.3 is 18.8 Å². The van der Waals surface area contributed by atoms with Crippen molar-refractivity contribution < 1.29 is 18.7 Å². The molecule has 0 N–H and O–H groups in total. The number of hydrogen-bond donors (Lipinski definition) is 0. The van der Waals surface area contributed by atoms with Gasteiger partial charge in [-0.3, -0.25) is 9.59 Å². The van der Waals surface area contributed by atoms with Crippen LogP contribution in [-0.4, -0.2) is 31.6 Å². The van der Waals surface area contributed by atoms with Crippen molar-refractivity contribution in [2.45, 2.75) is 32.7 Å². The lowest BCUT2D eigenvalue weighted by Crippen LogP contribution is -2.31. The summed E-state index contributed by atoms with van der Waals surface area (Å²) in [6, 6.07) is 16.5. The van der Waals surface area contributed by atoms with Crippen molar-refractivity contribution >= 4 is 28.5 Å². The molecule has 7 heteroatoms. The van der Waals surface area contributed by atoms with E-state index in [-0.39, 0.29) is 17.1 Å². The topological polar surface area (TPSA) is 69.0 Å². The van der Waals surface area contributed by atoms with Gasteiger partial charge in [-0.1, -0.05) is 48.9 Å². The Kier molecular flexibility index (Phi) is 6.69. The van der Waals surface area contributed by atoms with E-state index in [0.29, 0.717) is 46.0 Å².